The molecule has 0 bridgehead atoms. The zero-order chi connectivity index (χ0) is 12.1. The molecular formula is C12H18N4. The number of nitrogens with zero attached hydrogens (tertiary/aromatic N) is 4. The van der Waals surface area contributed by atoms with Crippen LogP contribution in [0, 0.1) is 18.3 Å². The minimum atomic E-state index is 0.670. The van der Waals surface area contributed by atoms with Gasteiger partial charge in [-0.05, 0) is 19.8 Å². The smallest absolute Gasteiger partial charge is 0.144 e. The van der Waals surface area contributed by atoms with Crippen LogP contribution in [0.5, 0.6) is 0 Å². The Labute approximate surface area is 96.8 Å². The largest absolute Gasteiger partial charge is 0.359 e. The van der Waals surface area contributed by atoms with Crippen LogP contribution < -0.4 is 4.90 Å². The maximum atomic E-state index is 9.09. The van der Waals surface area contributed by atoms with Gasteiger partial charge in [0.15, 0.2) is 0 Å². The van der Waals surface area contributed by atoms with Crippen LogP contribution in [0.1, 0.15) is 24.1 Å². The molecule has 0 unspecified atom stereocenters. The van der Waals surface area contributed by atoms with Crippen LogP contribution in [0.3, 0.4) is 0 Å². The molecule has 0 aliphatic carbocycles. The third-order valence-electron chi connectivity index (χ3n) is 2.57. The van der Waals surface area contributed by atoms with Crippen LogP contribution in [-0.2, 0) is 7.05 Å². The summed E-state index contributed by atoms with van der Waals surface area (Å²) < 4.78 is 1.77. The Balaban J connectivity index is 2.86. The third kappa shape index (κ3) is 2.43. The molecule has 0 aliphatic heterocycles. The van der Waals surface area contributed by atoms with Gasteiger partial charge in [-0.1, -0.05) is 6.08 Å². The average molecular weight is 218 g/mol. The number of allylic oxidation sites excluding steroid dienone is 1. The molecule has 4 nitrogen and oxygen atoms in total. The van der Waals surface area contributed by atoms with Crippen LogP contribution in [-0.4, -0.2) is 23.4 Å². The molecule has 1 heterocycles. The summed E-state index contributed by atoms with van der Waals surface area (Å²) in [6.07, 6.45) is 3.94. The van der Waals surface area contributed by atoms with Crippen molar-refractivity contribution in [3.63, 3.8) is 0 Å². The number of anilines is 1. The molecule has 86 valence electrons. The summed E-state index contributed by atoms with van der Waals surface area (Å²) in [6.45, 7) is 6.46. The molecule has 0 saturated heterocycles. The van der Waals surface area contributed by atoms with E-state index in [9.17, 15) is 0 Å². The Hall–Kier alpha value is -1.76. The Bertz CT molecular complexity index is 411. The molecule has 0 radical (unpaired) electrons. The van der Waals surface area contributed by atoms with E-state index in [4.69, 9.17) is 5.26 Å². The molecule has 4 heteroatoms. The quantitative estimate of drug-likeness (QED) is 0.561. The van der Waals surface area contributed by atoms with Gasteiger partial charge in [-0.2, -0.15) is 10.4 Å². The first-order valence-corrected chi connectivity index (χ1v) is 5.37. The highest BCUT2D eigenvalue weighted by Gasteiger charge is 2.15. The summed E-state index contributed by atoms with van der Waals surface area (Å²) >= 11 is 0. The molecule has 16 heavy (non-hydrogen) atoms. The fourth-order valence-corrected chi connectivity index (χ4v) is 1.79. The summed E-state index contributed by atoms with van der Waals surface area (Å²) in [5.74, 6) is 0.893. The molecule has 0 amide bonds. The Morgan fingerprint density at radius 2 is 2.31 bits per heavy atom. The molecule has 0 aromatic carbocycles. The van der Waals surface area contributed by atoms with E-state index in [-0.39, 0.29) is 0 Å². The van der Waals surface area contributed by atoms with E-state index in [0.29, 0.717) is 5.56 Å². The highest BCUT2D eigenvalue weighted by molar-refractivity contribution is 5.56. The van der Waals surface area contributed by atoms with E-state index in [2.05, 4.69) is 22.6 Å². The normalized spacial score (nSPS) is 9.88. The van der Waals surface area contributed by atoms with Crippen LogP contribution in [0.4, 0.5) is 5.82 Å². The number of rotatable bonds is 5. The van der Waals surface area contributed by atoms with E-state index in [1.54, 1.807) is 4.68 Å². The number of hydrogen-bond donors (Lipinski definition) is 0. The number of aromatic nitrogens is 2. The monoisotopic (exact) mass is 218 g/mol. The van der Waals surface area contributed by atoms with Gasteiger partial charge in [0, 0.05) is 20.6 Å². The van der Waals surface area contributed by atoms with Crippen molar-refractivity contribution in [2.45, 2.75) is 19.8 Å². The lowest BCUT2D eigenvalue weighted by Crippen LogP contribution is -2.22. The van der Waals surface area contributed by atoms with Crippen molar-refractivity contribution >= 4 is 5.82 Å². The molecule has 0 N–H and O–H groups in total. The third-order valence-corrected chi connectivity index (χ3v) is 2.57. The second-order valence-corrected chi connectivity index (χ2v) is 3.87. The minimum Gasteiger partial charge on any atom is -0.359 e. The van der Waals surface area contributed by atoms with Gasteiger partial charge in [-0.15, -0.1) is 6.58 Å². The molecule has 1 aromatic heterocycles. The molecule has 0 saturated carbocycles. The van der Waals surface area contributed by atoms with Crippen molar-refractivity contribution in [2.75, 3.05) is 18.5 Å². The van der Waals surface area contributed by atoms with Crippen molar-refractivity contribution in [1.29, 1.82) is 5.26 Å². The van der Waals surface area contributed by atoms with E-state index in [0.717, 1.165) is 30.9 Å². The molecule has 0 fully saturated rings. The van der Waals surface area contributed by atoms with Crippen LogP contribution in [0.2, 0.25) is 0 Å². The van der Waals surface area contributed by atoms with E-state index in [1.165, 1.54) is 0 Å². The Morgan fingerprint density at radius 3 is 2.88 bits per heavy atom. The molecule has 0 spiro atoms. The minimum absolute atomic E-state index is 0.670. The predicted molar refractivity (Wildman–Crippen MR) is 65.4 cm³/mol. The molecule has 0 atom stereocenters. The predicted octanol–water partition coefficient (Wildman–Crippen LogP) is 2.00. The van der Waals surface area contributed by atoms with E-state index in [1.807, 2.05) is 27.1 Å². The van der Waals surface area contributed by atoms with Gasteiger partial charge >= 0.3 is 0 Å². The van der Waals surface area contributed by atoms with Gasteiger partial charge in [0.2, 0.25) is 0 Å². The lowest BCUT2D eigenvalue weighted by Gasteiger charge is -2.19. The SMILES string of the molecule is C=CCCCN(C)c1c(C#N)c(C)nn1C. The van der Waals surface area contributed by atoms with Crippen molar-refractivity contribution in [2.24, 2.45) is 7.05 Å². The second kappa shape index (κ2) is 5.36. The van der Waals surface area contributed by atoms with E-state index >= 15 is 0 Å². The summed E-state index contributed by atoms with van der Waals surface area (Å²) in [5.41, 5.74) is 1.46. The van der Waals surface area contributed by atoms with Crippen LogP contribution in [0.25, 0.3) is 0 Å². The number of unbranched alkanes of at least 4 members (excludes halogenated alkanes) is 1. The maximum absolute atomic E-state index is 9.09. The summed E-state index contributed by atoms with van der Waals surface area (Å²) in [4.78, 5) is 2.07. The number of nitriles is 1. The molecule has 0 aliphatic rings. The fraction of sp³-hybridized carbons (Fsp3) is 0.500. The first-order chi connectivity index (χ1) is 7.61. The summed E-state index contributed by atoms with van der Waals surface area (Å²) in [5, 5.41) is 13.4. The summed E-state index contributed by atoms with van der Waals surface area (Å²) in [6, 6.07) is 2.21. The average Bonchev–Trinajstić information content (AvgIpc) is 2.53. The van der Waals surface area contributed by atoms with Gasteiger partial charge < -0.3 is 4.90 Å². The zero-order valence-corrected chi connectivity index (χ0v) is 10.2. The second-order valence-electron chi connectivity index (χ2n) is 3.87. The topological polar surface area (TPSA) is 44.9 Å². The Kier molecular flexibility index (Phi) is 4.12. The standard InChI is InChI=1S/C12H18N4/c1-5-6-7-8-15(3)12-11(9-13)10(2)14-16(12)4/h5H,1,6-8H2,2-4H3. The Morgan fingerprint density at radius 1 is 1.62 bits per heavy atom. The molecule has 1 rings (SSSR count). The van der Waals surface area contributed by atoms with E-state index < -0.39 is 0 Å². The van der Waals surface area contributed by atoms with Crippen molar-refractivity contribution in [3.8, 4) is 6.07 Å². The lowest BCUT2D eigenvalue weighted by atomic mass is 10.2. The first-order valence-electron chi connectivity index (χ1n) is 5.37. The van der Waals surface area contributed by atoms with Gasteiger partial charge in [0.05, 0.1) is 5.69 Å². The first kappa shape index (κ1) is 12.3. The van der Waals surface area contributed by atoms with Crippen molar-refractivity contribution in [3.05, 3.63) is 23.9 Å². The van der Waals surface area contributed by atoms with Gasteiger partial charge in [0.1, 0.15) is 17.5 Å². The van der Waals surface area contributed by atoms with Crippen molar-refractivity contribution < 1.29 is 0 Å². The van der Waals surface area contributed by atoms with Gasteiger partial charge in [-0.3, -0.25) is 4.68 Å². The number of aryl methyl sites for hydroxylation is 2. The molecular weight excluding hydrogens is 200 g/mol. The zero-order valence-electron chi connectivity index (χ0n) is 10.2. The van der Waals surface area contributed by atoms with Gasteiger partial charge in [-0.25, -0.2) is 0 Å². The highest BCUT2D eigenvalue weighted by Crippen LogP contribution is 2.21. The van der Waals surface area contributed by atoms with Gasteiger partial charge in [0.25, 0.3) is 0 Å². The number of hydrogen-bond acceptors (Lipinski definition) is 3. The highest BCUT2D eigenvalue weighted by atomic mass is 15.4. The van der Waals surface area contributed by atoms with Crippen molar-refractivity contribution in [1.82, 2.24) is 9.78 Å². The maximum Gasteiger partial charge on any atom is 0.144 e. The van der Waals surface area contributed by atoms with Crippen LogP contribution >= 0.6 is 0 Å². The summed E-state index contributed by atoms with van der Waals surface area (Å²) in [7, 11) is 3.85. The van der Waals surface area contributed by atoms with Crippen LogP contribution in [0.15, 0.2) is 12.7 Å². The molecule has 1 aromatic rings. The fourth-order valence-electron chi connectivity index (χ4n) is 1.79. The lowest BCUT2D eigenvalue weighted by molar-refractivity contribution is 0.711.